The zero-order valence-electron chi connectivity index (χ0n) is 19.8. The molecule has 5 N–H and O–H groups in total. The van der Waals surface area contributed by atoms with Crippen molar-refractivity contribution in [3.05, 3.63) is 24.4 Å². The van der Waals surface area contributed by atoms with Crippen LogP contribution in [0.4, 0.5) is 0 Å². The Morgan fingerprint density at radius 1 is 0.971 bits per heavy atom. The van der Waals surface area contributed by atoms with E-state index in [-0.39, 0.29) is 25.0 Å². The molecule has 0 saturated carbocycles. The fourth-order valence-corrected chi connectivity index (χ4v) is 4.35. The first kappa shape index (κ1) is 31.1. The largest absolute Gasteiger partial charge is 0.480 e. The molecular weight excluding hydrogens is 496 g/mol. The van der Waals surface area contributed by atoms with Crippen LogP contribution in [0.5, 0.6) is 0 Å². The number of aliphatic carboxylic acids is 1. The summed E-state index contributed by atoms with van der Waals surface area (Å²) in [6.07, 6.45) is 3.84. The van der Waals surface area contributed by atoms with Gasteiger partial charge in [-0.1, -0.05) is 16.9 Å². The zero-order valence-corrected chi connectivity index (χ0v) is 21.4. The molecule has 1 aromatic heterocycles. The second kappa shape index (κ2) is 21.4. The number of carbonyl (C=O) groups is 3. The summed E-state index contributed by atoms with van der Waals surface area (Å²) in [5.74, 6) is -0.556. The van der Waals surface area contributed by atoms with Gasteiger partial charge in [0.05, 0.1) is 33.0 Å². The predicted molar refractivity (Wildman–Crippen MR) is 135 cm³/mol. The quantitative estimate of drug-likeness (QED) is 0.125. The summed E-state index contributed by atoms with van der Waals surface area (Å²) in [6, 6.07) is 4.87. The van der Waals surface area contributed by atoms with E-state index in [1.807, 2.05) is 18.2 Å². The average molecular weight is 533 g/mol. The van der Waals surface area contributed by atoms with Crippen molar-refractivity contribution in [2.75, 3.05) is 58.5 Å². The van der Waals surface area contributed by atoms with Crippen molar-refractivity contribution in [3.8, 4) is 0 Å². The molecule has 198 valence electrons. The van der Waals surface area contributed by atoms with E-state index in [1.165, 1.54) is 0 Å². The standard InChI is InChI=1S/C22H36N4O7S2/c23-18(22(29)30)5-1-3-8-24-20(28)17-33-15-14-32-13-12-31-11-10-25-19(27)7-16-34-35-21-6-2-4-9-26-21/h2,4,6,9,18H,1,3,5,7-8,10-17,23H2,(H,24,28)(H,25,27)(H,29,30)/t18-/m0/s1. The van der Waals surface area contributed by atoms with E-state index >= 15 is 0 Å². The van der Waals surface area contributed by atoms with Crippen LogP contribution in [0.3, 0.4) is 0 Å². The average Bonchev–Trinajstić information content (AvgIpc) is 2.85. The number of amides is 2. The smallest absolute Gasteiger partial charge is 0.320 e. The minimum absolute atomic E-state index is 0.0115. The Kier molecular flexibility index (Phi) is 19.0. The highest BCUT2D eigenvalue weighted by molar-refractivity contribution is 8.76. The summed E-state index contributed by atoms with van der Waals surface area (Å²) in [5.41, 5.74) is 5.40. The predicted octanol–water partition coefficient (Wildman–Crippen LogP) is 1.08. The SMILES string of the molecule is N[C@@H](CCCCNC(=O)COCCOCCOCCNC(=O)CCSSc1ccccn1)C(=O)O. The molecule has 0 fully saturated rings. The van der Waals surface area contributed by atoms with Gasteiger partial charge in [-0.2, -0.15) is 0 Å². The van der Waals surface area contributed by atoms with Gasteiger partial charge in [-0.25, -0.2) is 4.98 Å². The van der Waals surface area contributed by atoms with Gasteiger partial charge >= 0.3 is 5.97 Å². The van der Waals surface area contributed by atoms with Crippen molar-refractivity contribution in [3.63, 3.8) is 0 Å². The van der Waals surface area contributed by atoms with Gasteiger partial charge in [0, 0.05) is 31.5 Å². The van der Waals surface area contributed by atoms with Crippen molar-refractivity contribution in [2.24, 2.45) is 5.73 Å². The number of unbranched alkanes of at least 4 members (excludes halogenated alkanes) is 1. The highest BCUT2D eigenvalue weighted by Gasteiger charge is 2.10. The molecule has 1 rings (SSSR count). The summed E-state index contributed by atoms with van der Waals surface area (Å²) in [5, 5.41) is 15.1. The van der Waals surface area contributed by atoms with E-state index in [2.05, 4.69) is 15.6 Å². The number of ether oxygens (including phenoxy) is 3. The Bertz CT molecular complexity index is 716. The maximum Gasteiger partial charge on any atom is 0.320 e. The van der Waals surface area contributed by atoms with Gasteiger partial charge in [-0.05, 0) is 42.2 Å². The van der Waals surface area contributed by atoms with Gasteiger partial charge in [0.25, 0.3) is 0 Å². The molecule has 0 unspecified atom stereocenters. The molecule has 1 heterocycles. The minimum Gasteiger partial charge on any atom is -0.480 e. The Hall–Kier alpha value is -1.90. The van der Waals surface area contributed by atoms with Crippen LogP contribution in [0.2, 0.25) is 0 Å². The third kappa shape index (κ3) is 19.0. The van der Waals surface area contributed by atoms with Gasteiger partial charge in [0.1, 0.15) is 17.7 Å². The number of hydrogen-bond acceptors (Lipinski definition) is 10. The first-order valence-corrected chi connectivity index (χ1v) is 13.8. The molecule has 0 saturated heterocycles. The monoisotopic (exact) mass is 532 g/mol. The summed E-state index contributed by atoms with van der Waals surface area (Å²) >= 11 is 0. The molecule has 0 radical (unpaired) electrons. The van der Waals surface area contributed by atoms with E-state index in [4.69, 9.17) is 25.1 Å². The number of carboxylic acid groups (broad SMARTS) is 1. The molecule has 1 aromatic rings. The molecule has 0 aromatic carbocycles. The first-order valence-electron chi connectivity index (χ1n) is 11.4. The van der Waals surface area contributed by atoms with Gasteiger partial charge in [-0.3, -0.25) is 14.4 Å². The maximum absolute atomic E-state index is 11.8. The summed E-state index contributed by atoms with van der Waals surface area (Å²) in [6.45, 7) is 2.66. The number of hydrogen-bond donors (Lipinski definition) is 4. The Labute approximate surface area is 214 Å². The van der Waals surface area contributed by atoms with E-state index in [0.29, 0.717) is 71.0 Å². The van der Waals surface area contributed by atoms with Crippen LogP contribution in [0, 0.1) is 0 Å². The summed E-state index contributed by atoms with van der Waals surface area (Å²) in [7, 11) is 3.15. The van der Waals surface area contributed by atoms with E-state index in [0.717, 1.165) is 5.03 Å². The second-order valence-corrected chi connectivity index (χ2v) is 9.68. The molecular formula is C22H36N4O7S2. The van der Waals surface area contributed by atoms with Crippen LogP contribution >= 0.6 is 21.6 Å². The number of carboxylic acids is 1. The third-order valence-corrected chi connectivity index (χ3v) is 6.59. The van der Waals surface area contributed by atoms with Crippen molar-refractivity contribution in [1.82, 2.24) is 15.6 Å². The molecule has 11 nitrogen and oxygen atoms in total. The number of rotatable bonds is 22. The van der Waals surface area contributed by atoms with Gasteiger partial charge in [0.15, 0.2) is 0 Å². The molecule has 0 aliphatic rings. The van der Waals surface area contributed by atoms with Gasteiger partial charge < -0.3 is 35.7 Å². The van der Waals surface area contributed by atoms with Crippen LogP contribution in [0.1, 0.15) is 25.7 Å². The Morgan fingerprint density at radius 2 is 1.69 bits per heavy atom. The Morgan fingerprint density at radius 3 is 2.40 bits per heavy atom. The molecule has 2 amide bonds. The molecule has 0 aliphatic carbocycles. The van der Waals surface area contributed by atoms with Crippen molar-refractivity contribution >= 4 is 39.4 Å². The van der Waals surface area contributed by atoms with E-state index < -0.39 is 12.0 Å². The van der Waals surface area contributed by atoms with Crippen molar-refractivity contribution in [1.29, 1.82) is 0 Å². The Balaban J connectivity index is 1.79. The summed E-state index contributed by atoms with van der Waals surface area (Å²) < 4.78 is 16.0. The molecule has 0 bridgehead atoms. The van der Waals surface area contributed by atoms with Gasteiger partial charge in [0.2, 0.25) is 11.8 Å². The number of nitrogens with one attached hydrogen (secondary N) is 2. The van der Waals surface area contributed by atoms with Crippen LogP contribution in [0.25, 0.3) is 0 Å². The second-order valence-electron chi connectivity index (χ2n) is 7.24. The lowest BCUT2D eigenvalue weighted by molar-refractivity contribution is -0.138. The fourth-order valence-electron chi connectivity index (χ4n) is 2.48. The van der Waals surface area contributed by atoms with Gasteiger partial charge in [-0.15, -0.1) is 0 Å². The maximum atomic E-state index is 11.8. The first-order chi connectivity index (χ1) is 17.0. The fraction of sp³-hybridized carbons (Fsp3) is 0.636. The topological polar surface area (TPSA) is 162 Å². The van der Waals surface area contributed by atoms with Crippen molar-refractivity contribution in [2.45, 2.75) is 36.8 Å². The molecule has 0 aliphatic heterocycles. The molecule has 1 atom stereocenters. The third-order valence-electron chi connectivity index (χ3n) is 4.32. The highest BCUT2D eigenvalue weighted by atomic mass is 33.1. The number of nitrogens with two attached hydrogens (primary N) is 1. The van der Waals surface area contributed by atoms with Crippen LogP contribution in [-0.4, -0.2) is 92.4 Å². The number of pyridine rings is 1. The molecule has 13 heteroatoms. The van der Waals surface area contributed by atoms with Crippen molar-refractivity contribution < 1.29 is 33.7 Å². The molecule has 35 heavy (non-hydrogen) atoms. The lowest BCUT2D eigenvalue weighted by Gasteiger charge is -2.09. The lowest BCUT2D eigenvalue weighted by atomic mass is 10.1. The number of carbonyl (C=O) groups excluding carboxylic acids is 2. The van der Waals surface area contributed by atoms with E-state index in [1.54, 1.807) is 27.8 Å². The van der Waals surface area contributed by atoms with Crippen LogP contribution < -0.4 is 16.4 Å². The number of nitrogens with zero attached hydrogens (tertiary/aromatic N) is 1. The zero-order chi connectivity index (χ0) is 25.6. The van der Waals surface area contributed by atoms with Crippen LogP contribution in [-0.2, 0) is 28.6 Å². The van der Waals surface area contributed by atoms with E-state index in [9.17, 15) is 14.4 Å². The number of aromatic nitrogens is 1. The lowest BCUT2D eigenvalue weighted by Crippen LogP contribution is -2.31. The van der Waals surface area contributed by atoms with Crippen LogP contribution in [0.15, 0.2) is 29.4 Å². The molecule has 0 spiro atoms. The normalized spacial score (nSPS) is 11.7. The minimum atomic E-state index is -1.02. The highest BCUT2D eigenvalue weighted by Crippen LogP contribution is 2.29. The summed E-state index contributed by atoms with van der Waals surface area (Å²) in [4.78, 5) is 38.2.